The summed E-state index contributed by atoms with van der Waals surface area (Å²) in [5, 5.41) is 11.6. The Balaban J connectivity index is 2.05. The molecule has 0 fully saturated rings. The summed E-state index contributed by atoms with van der Waals surface area (Å²) in [6, 6.07) is 5.09. The van der Waals surface area contributed by atoms with E-state index in [9.17, 15) is 23.1 Å². The molecule has 1 aliphatic carbocycles. The number of halogens is 3. The highest BCUT2D eigenvalue weighted by atomic mass is 19.4. The number of hydrogen-bond acceptors (Lipinski definition) is 2. The molecule has 0 saturated carbocycles. The molecule has 1 aliphatic rings. The summed E-state index contributed by atoms with van der Waals surface area (Å²) in [5.74, 6) is -1.94. The van der Waals surface area contributed by atoms with Gasteiger partial charge in [-0.05, 0) is 36.0 Å². The lowest BCUT2D eigenvalue weighted by molar-refractivity contribution is -0.173. The number of fused-ring (bicyclic) bond motifs is 1. The first-order valence-corrected chi connectivity index (χ1v) is 6.02. The van der Waals surface area contributed by atoms with Crippen molar-refractivity contribution in [2.45, 2.75) is 38.1 Å². The second-order valence-corrected chi connectivity index (χ2v) is 4.62. The van der Waals surface area contributed by atoms with Crippen molar-refractivity contribution >= 4 is 5.91 Å². The van der Waals surface area contributed by atoms with Crippen LogP contribution in [-0.4, -0.2) is 17.2 Å². The fourth-order valence-corrected chi connectivity index (χ4v) is 2.23. The molecular weight excluding hydrogens is 259 g/mol. The summed E-state index contributed by atoms with van der Waals surface area (Å²) in [6.45, 7) is -0.165. The fourth-order valence-electron chi connectivity index (χ4n) is 2.23. The van der Waals surface area contributed by atoms with Gasteiger partial charge in [0.1, 0.15) is 0 Å². The van der Waals surface area contributed by atoms with Crippen LogP contribution in [0.1, 0.15) is 35.6 Å². The molecular formula is C13H14F3NO2. The van der Waals surface area contributed by atoms with E-state index in [4.69, 9.17) is 0 Å². The maximum absolute atomic E-state index is 12.0. The molecule has 0 saturated heterocycles. The van der Waals surface area contributed by atoms with Crippen LogP contribution in [-0.2, 0) is 17.8 Å². The number of nitrogens with one attached hydrogen (secondary N) is 1. The highest BCUT2D eigenvalue weighted by Crippen LogP contribution is 2.30. The number of benzene rings is 1. The van der Waals surface area contributed by atoms with E-state index < -0.39 is 18.2 Å². The van der Waals surface area contributed by atoms with Crippen LogP contribution in [0.5, 0.6) is 0 Å². The Morgan fingerprint density at radius 1 is 1.42 bits per heavy atom. The van der Waals surface area contributed by atoms with Crippen molar-refractivity contribution < 1.29 is 23.1 Å². The van der Waals surface area contributed by atoms with Gasteiger partial charge < -0.3 is 10.4 Å². The number of aliphatic hydroxyl groups excluding tert-OH is 1. The van der Waals surface area contributed by atoms with E-state index in [2.05, 4.69) is 0 Å². The van der Waals surface area contributed by atoms with Crippen molar-refractivity contribution in [3.8, 4) is 0 Å². The van der Waals surface area contributed by atoms with E-state index in [1.54, 1.807) is 18.2 Å². The normalized spacial score (nSPS) is 18.8. The lowest BCUT2D eigenvalue weighted by Gasteiger charge is -2.22. The zero-order chi connectivity index (χ0) is 14.0. The SMILES string of the molecule is O=C(NCc1ccc2c(c1)CCCC2O)C(F)(F)F. The second-order valence-electron chi connectivity index (χ2n) is 4.62. The molecule has 1 aromatic rings. The van der Waals surface area contributed by atoms with Crippen molar-refractivity contribution in [3.63, 3.8) is 0 Å². The standard InChI is InChI=1S/C13H14F3NO2/c14-13(15,16)12(19)17-7-8-4-5-10-9(6-8)2-1-3-11(10)18/h4-6,11,18H,1-3,7H2,(H,17,19). The lowest BCUT2D eigenvalue weighted by Crippen LogP contribution is -2.36. The van der Waals surface area contributed by atoms with Gasteiger partial charge in [-0.25, -0.2) is 0 Å². The van der Waals surface area contributed by atoms with Gasteiger partial charge in [-0.2, -0.15) is 13.2 Å². The molecule has 1 amide bonds. The van der Waals surface area contributed by atoms with Crippen molar-refractivity contribution in [2.75, 3.05) is 0 Å². The second kappa shape index (κ2) is 5.21. The summed E-state index contributed by atoms with van der Waals surface area (Å²) in [6.07, 6.45) is -3.00. The predicted octanol–water partition coefficient (Wildman–Crippen LogP) is 2.23. The molecule has 3 nitrogen and oxygen atoms in total. The Bertz CT molecular complexity index is 485. The first-order valence-electron chi connectivity index (χ1n) is 6.02. The minimum absolute atomic E-state index is 0.165. The number of amides is 1. The maximum Gasteiger partial charge on any atom is 0.471 e. The van der Waals surface area contributed by atoms with Crippen LogP contribution in [0.25, 0.3) is 0 Å². The summed E-state index contributed by atoms with van der Waals surface area (Å²) in [5.41, 5.74) is 2.38. The maximum atomic E-state index is 12.0. The van der Waals surface area contributed by atoms with E-state index in [1.165, 1.54) is 0 Å². The van der Waals surface area contributed by atoms with Crippen molar-refractivity contribution in [2.24, 2.45) is 0 Å². The molecule has 0 radical (unpaired) electrons. The van der Waals surface area contributed by atoms with Gasteiger partial charge in [0.25, 0.3) is 0 Å². The Labute approximate surface area is 108 Å². The van der Waals surface area contributed by atoms with Gasteiger partial charge in [0.05, 0.1) is 6.10 Å². The van der Waals surface area contributed by atoms with Crippen LogP contribution in [0.3, 0.4) is 0 Å². The molecule has 0 heterocycles. The number of aliphatic hydroxyl groups is 1. The zero-order valence-corrected chi connectivity index (χ0v) is 10.1. The third-order valence-electron chi connectivity index (χ3n) is 3.20. The molecule has 6 heteroatoms. The van der Waals surface area contributed by atoms with E-state index in [-0.39, 0.29) is 6.54 Å². The number of carbonyl (C=O) groups is 1. The van der Waals surface area contributed by atoms with Gasteiger partial charge in [0, 0.05) is 6.54 Å². The molecule has 1 aromatic carbocycles. The summed E-state index contributed by atoms with van der Waals surface area (Å²) in [7, 11) is 0. The largest absolute Gasteiger partial charge is 0.471 e. The Hall–Kier alpha value is -1.56. The van der Waals surface area contributed by atoms with Gasteiger partial charge in [-0.15, -0.1) is 0 Å². The van der Waals surface area contributed by atoms with Crippen LogP contribution >= 0.6 is 0 Å². The Morgan fingerprint density at radius 3 is 2.84 bits per heavy atom. The van der Waals surface area contributed by atoms with Gasteiger partial charge in [0.2, 0.25) is 0 Å². The van der Waals surface area contributed by atoms with E-state index in [1.807, 2.05) is 5.32 Å². The van der Waals surface area contributed by atoms with Gasteiger partial charge in [-0.3, -0.25) is 4.79 Å². The van der Waals surface area contributed by atoms with Crippen LogP contribution in [0.15, 0.2) is 18.2 Å². The van der Waals surface area contributed by atoms with Gasteiger partial charge in [0.15, 0.2) is 0 Å². The number of hydrogen-bond donors (Lipinski definition) is 2. The van der Waals surface area contributed by atoms with Gasteiger partial charge >= 0.3 is 12.1 Å². The monoisotopic (exact) mass is 273 g/mol. The average molecular weight is 273 g/mol. The number of carbonyl (C=O) groups excluding carboxylic acids is 1. The quantitative estimate of drug-likeness (QED) is 0.868. The highest BCUT2D eigenvalue weighted by molar-refractivity contribution is 5.81. The van der Waals surface area contributed by atoms with Crippen LogP contribution in [0.2, 0.25) is 0 Å². The van der Waals surface area contributed by atoms with Crippen molar-refractivity contribution in [1.82, 2.24) is 5.32 Å². The predicted molar refractivity (Wildman–Crippen MR) is 62.2 cm³/mol. The highest BCUT2D eigenvalue weighted by Gasteiger charge is 2.38. The van der Waals surface area contributed by atoms with E-state index in [0.29, 0.717) is 12.0 Å². The van der Waals surface area contributed by atoms with Crippen LogP contribution in [0, 0.1) is 0 Å². The molecule has 0 aromatic heterocycles. The Kier molecular flexibility index (Phi) is 3.80. The fraction of sp³-hybridized carbons (Fsp3) is 0.462. The Morgan fingerprint density at radius 2 is 2.16 bits per heavy atom. The zero-order valence-electron chi connectivity index (χ0n) is 10.1. The van der Waals surface area contributed by atoms with Crippen molar-refractivity contribution in [1.29, 1.82) is 0 Å². The third kappa shape index (κ3) is 3.26. The van der Waals surface area contributed by atoms with E-state index >= 15 is 0 Å². The van der Waals surface area contributed by atoms with Crippen LogP contribution in [0.4, 0.5) is 13.2 Å². The molecule has 1 atom stereocenters. The van der Waals surface area contributed by atoms with Crippen molar-refractivity contribution in [3.05, 3.63) is 34.9 Å². The number of aryl methyl sites for hydroxylation is 1. The average Bonchev–Trinajstić information content (AvgIpc) is 2.35. The molecule has 1 unspecified atom stereocenters. The number of alkyl halides is 3. The summed E-state index contributed by atoms with van der Waals surface area (Å²) >= 11 is 0. The molecule has 19 heavy (non-hydrogen) atoms. The third-order valence-corrected chi connectivity index (χ3v) is 3.20. The minimum Gasteiger partial charge on any atom is -0.388 e. The molecule has 0 bridgehead atoms. The first kappa shape index (κ1) is 13.9. The molecule has 2 rings (SSSR count). The summed E-state index contributed by atoms with van der Waals surface area (Å²) in [4.78, 5) is 10.7. The topological polar surface area (TPSA) is 49.3 Å². The molecule has 2 N–H and O–H groups in total. The minimum atomic E-state index is -4.86. The molecule has 104 valence electrons. The lowest BCUT2D eigenvalue weighted by atomic mass is 9.88. The molecule has 0 spiro atoms. The number of rotatable bonds is 2. The van der Waals surface area contributed by atoms with Crippen LogP contribution < -0.4 is 5.32 Å². The smallest absolute Gasteiger partial charge is 0.388 e. The van der Waals surface area contributed by atoms with E-state index in [0.717, 1.165) is 24.0 Å². The summed E-state index contributed by atoms with van der Waals surface area (Å²) < 4.78 is 36.1. The first-order chi connectivity index (χ1) is 8.88. The van der Waals surface area contributed by atoms with Gasteiger partial charge in [-0.1, -0.05) is 18.2 Å². The molecule has 0 aliphatic heterocycles.